The van der Waals surface area contributed by atoms with Gasteiger partial charge in [-0.1, -0.05) is 18.9 Å². The summed E-state index contributed by atoms with van der Waals surface area (Å²) in [5.41, 5.74) is 1.01. The van der Waals surface area contributed by atoms with E-state index in [9.17, 15) is 9.90 Å². The van der Waals surface area contributed by atoms with Gasteiger partial charge < -0.3 is 14.6 Å². The zero-order chi connectivity index (χ0) is 15.7. The van der Waals surface area contributed by atoms with Crippen LogP contribution >= 0.6 is 0 Å². The molecular formula is C17H23NO4. The number of methoxy groups -OCH3 is 2. The van der Waals surface area contributed by atoms with Gasteiger partial charge in [0.25, 0.3) is 0 Å². The molecule has 5 nitrogen and oxygen atoms in total. The van der Waals surface area contributed by atoms with Crippen molar-refractivity contribution >= 4 is 5.97 Å². The second kappa shape index (κ2) is 5.80. The molecule has 1 saturated heterocycles. The fourth-order valence-corrected chi connectivity index (χ4v) is 4.13. The minimum Gasteiger partial charge on any atom is -0.497 e. The molecule has 0 amide bonds. The van der Waals surface area contributed by atoms with Gasteiger partial charge in [-0.3, -0.25) is 9.69 Å². The van der Waals surface area contributed by atoms with E-state index < -0.39 is 5.97 Å². The van der Waals surface area contributed by atoms with Crippen LogP contribution in [-0.4, -0.2) is 42.8 Å². The molecule has 0 aromatic heterocycles. The van der Waals surface area contributed by atoms with E-state index in [0.717, 1.165) is 49.3 Å². The topological polar surface area (TPSA) is 59.0 Å². The molecule has 1 heterocycles. The summed E-state index contributed by atoms with van der Waals surface area (Å²) in [6, 6.07) is 5.33. The van der Waals surface area contributed by atoms with Crippen LogP contribution in [0.1, 0.15) is 31.2 Å². The third kappa shape index (κ3) is 2.43. The lowest BCUT2D eigenvalue weighted by atomic mass is 9.70. The summed E-state index contributed by atoms with van der Waals surface area (Å²) in [6.45, 7) is 1.48. The largest absolute Gasteiger partial charge is 0.497 e. The van der Waals surface area contributed by atoms with E-state index in [2.05, 4.69) is 4.90 Å². The smallest absolute Gasteiger partial charge is 0.321 e. The maximum absolute atomic E-state index is 11.7. The average molecular weight is 305 g/mol. The van der Waals surface area contributed by atoms with Crippen LogP contribution in [0.15, 0.2) is 18.2 Å². The number of aliphatic carboxylic acids is 1. The molecule has 1 atom stereocenters. The van der Waals surface area contributed by atoms with E-state index in [4.69, 9.17) is 9.47 Å². The first-order valence-corrected chi connectivity index (χ1v) is 7.77. The van der Waals surface area contributed by atoms with Gasteiger partial charge in [0.15, 0.2) is 0 Å². The second-order valence-electron chi connectivity index (χ2n) is 6.39. The third-order valence-corrected chi connectivity index (χ3v) is 5.16. The Morgan fingerprint density at radius 2 is 2.05 bits per heavy atom. The predicted molar refractivity (Wildman–Crippen MR) is 82.3 cm³/mol. The van der Waals surface area contributed by atoms with Crippen molar-refractivity contribution in [2.75, 3.05) is 20.8 Å². The molecule has 22 heavy (non-hydrogen) atoms. The molecule has 1 aliphatic heterocycles. The van der Waals surface area contributed by atoms with Gasteiger partial charge in [-0.05, 0) is 18.9 Å². The van der Waals surface area contributed by atoms with Crippen molar-refractivity contribution in [2.24, 2.45) is 5.41 Å². The molecule has 2 aliphatic rings. The number of hydrogen-bond donors (Lipinski definition) is 1. The fourth-order valence-electron chi connectivity index (χ4n) is 4.13. The highest BCUT2D eigenvalue weighted by Crippen LogP contribution is 2.51. The number of carboxylic acid groups (broad SMARTS) is 1. The first-order chi connectivity index (χ1) is 10.6. The third-order valence-electron chi connectivity index (χ3n) is 5.16. The molecule has 5 heteroatoms. The molecule has 3 rings (SSSR count). The van der Waals surface area contributed by atoms with Crippen LogP contribution in [0.2, 0.25) is 0 Å². The molecule has 0 bridgehead atoms. The Balaban J connectivity index is 1.77. The molecule has 1 saturated carbocycles. The number of rotatable bonds is 5. The number of ether oxygens (including phenoxy) is 2. The Kier molecular flexibility index (Phi) is 4.00. The van der Waals surface area contributed by atoms with Gasteiger partial charge >= 0.3 is 5.97 Å². The van der Waals surface area contributed by atoms with Crippen molar-refractivity contribution in [3.63, 3.8) is 0 Å². The monoisotopic (exact) mass is 305 g/mol. The molecular weight excluding hydrogens is 282 g/mol. The first-order valence-electron chi connectivity index (χ1n) is 7.77. The van der Waals surface area contributed by atoms with Crippen molar-refractivity contribution in [3.8, 4) is 11.5 Å². The van der Waals surface area contributed by atoms with Crippen LogP contribution in [-0.2, 0) is 11.3 Å². The molecule has 1 N–H and O–H groups in total. The van der Waals surface area contributed by atoms with E-state index >= 15 is 0 Å². The fraction of sp³-hybridized carbons (Fsp3) is 0.588. The van der Waals surface area contributed by atoms with Crippen molar-refractivity contribution in [3.05, 3.63) is 23.8 Å². The van der Waals surface area contributed by atoms with Crippen LogP contribution in [0.4, 0.5) is 0 Å². The summed E-state index contributed by atoms with van der Waals surface area (Å²) in [5, 5.41) is 9.62. The van der Waals surface area contributed by atoms with Crippen LogP contribution < -0.4 is 9.47 Å². The maximum atomic E-state index is 11.7. The van der Waals surface area contributed by atoms with Gasteiger partial charge in [0.1, 0.15) is 17.5 Å². The zero-order valence-corrected chi connectivity index (χ0v) is 13.2. The Morgan fingerprint density at radius 3 is 2.64 bits per heavy atom. The lowest BCUT2D eigenvalue weighted by molar-refractivity contribution is -0.166. The van der Waals surface area contributed by atoms with Crippen LogP contribution in [0, 0.1) is 5.41 Å². The molecule has 120 valence electrons. The number of likely N-dealkylation sites (tertiary alicyclic amines) is 1. The van der Waals surface area contributed by atoms with E-state index in [-0.39, 0.29) is 11.5 Å². The van der Waals surface area contributed by atoms with Gasteiger partial charge in [-0.15, -0.1) is 0 Å². The zero-order valence-electron chi connectivity index (χ0n) is 13.2. The standard InChI is InChI=1S/C17H23NO4/c1-21-13-6-5-12(14(9-13)22-2)10-18-11-17(7-3-4-8-17)15(18)16(19)20/h5-6,9,15H,3-4,7-8,10-11H2,1-2H3,(H,19,20). The van der Waals surface area contributed by atoms with Gasteiger partial charge in [-0.2, -0.15) is 0 Å². The number of hydrogen-bond acceptors (Lipinski definition) is 4. The lowest BCUT2D eigenvalue weighted by Gasteiger charge is -2.54. The summed E-state index contributed by atoms with van der Waals surface area (Å²) >= 11 is 0. The maximum Gasteiger partial charge on any atom is 0.321 e. The molecule has 1 aromatic rings. The summed E-state index contributed by atoms with van der Waals surface area (Å²) in [4.78, 5) is 13.8. The van der Waals surface area contributed by atoms with Gasteiger partial charge in [-0.25, -0.2) is 0 Å². The number of carboxylic acids is 1. The molecule has 1 aliphatic carbocycles. The van der Waals surface area contributed by atoms with E-state index in [1.165, 1.54) is 0 Å². The molecule has 1 aromatic carbocycles. The van der Waals surface area contributed by atoms with Crippen LogP contribution in [0.3, 0.4) is 0 Å². The van der Waals surface area contributed by atoms with Crippen molar-refractivity contribution < 1.29 is 19.4 Å². The van der Waals surface area contributed by atoms with E-state index in [0.29, 0.717) is 6.54 Å². The predicted octanol–water partition coefficient (Wildman–Crippen LogP) is 2.53. The molecule has 0 radical (unpaired) electrons. The Labute approximate surface area is 130 Å². The van der Waals surface area contributed by atoms with Gasteiger partial charge in [0, 0.05) is 30.1 Å². The number of benzene rings is 1. The summed E-state index contributed by atoms with van der Waals surface area (Å²) in [7, 11) is 3.25. The minimum absolute atomic E-state index is 0.00549. The van der Waals surface area contributed by atoms with E-state index in [1.807, 2.05) is 18.2 Å². The van der Waals surface area contributed by atoms with Crippen molar-refractivity contribution in [2.45, 2.75) is 38.3 Å². The summed E-state index contributed by atoms with van der Waals surface area (Å²) in [6.07, 6.45) is 4.40. The SMILES string of the molecule is COc1ccc(CN2CC3(CCCC3)C2C(=O)O)c(OC)c1. The Hall–Kier alpha value is -1.75. The van der Waals surface area contributed by atoms with Crippen LogP contribution in [0.25, 0.3) is 0 Å². The summed E-state index contributed by atoms with van der Waals surface area (Å²) < 4.78 is 10.6. The van der Waals surface area contributed by atoms with Crippen LogP contribution in [0.5, 0.6) is 11.5 Å². The highest BCUT2D eigenvalue weighted by molar-refractivity contribution is 5.76. The average Bonchev–Trinajstić information content (AvgIpc) is 2.97. The van der Waals surface area contributed by atoms with Crippen molar-refractivity contribution in [1.29, 1.82) is 0 Å². The van der Waals surface area contributed by atoms with Crippen molar-refractivity contribution in [1.82, 2.24) is 4.90 Å². The minimum atomic E-state index is -0.694. The highest BCUT2D eigenvalue weighted by atomic mass is 16.5. The normalized spacial score (nSPS) is 23.3. The van der Waals surface area contributed by atoms with E-state index in [1.54, 1.807) is 14.2 Å². The summed E-state index contributed by atoms with van der Waals surface area (Å²) in [5.74, 6) is 0.794. The quantitative estimate of drug-likeness (QED) is 0.906. The molecule has 1 spiro atoms. The first kappa shape index (κ1) is 15.2. The molecule has 2 fully saturated rings. The number of nitrogens with zero attached hydrogens (tertiary/aromatic N) is 1. The lowest BCUT2D eigenvalue weighted by Crippen LogP contribution is -2.66. The Morgan fingerprint density at radius 1 is 1.32 bits per heavy atom. The second-order valence-corrected chi connectivity index (χ2v) is 6.39. The van der Waals surface area contributed by atoms with Gasteiger partial charge in [0.05, 0.1) is 14.2 Å². The number of carbonyl (C=O) groups is 1. The van der Waals surface area contributed by atoms with Gasteiger partial charge in [0.2, 0.25) is 0 Å². The Bertz CT molecular complexity index is 566. The molecule has 1 unspecified atom stereocenters. The highest BCUT2D eigenvalue weighted by Gasteiger charge is 2.57.